The summed E-state index contributed by atoms with van der Waals surface area (Å²) < 4.78 is 0. The summed E-state index contributed by atoms with van der Waals surface area (Å²) in [7, 11) is 2.00. The third kappa shape index (κ3) is 2.63. The fourth-order valence-electron chi connectivity index (χ4n) is 2.06. The number of aromatic nitrogens is 3. The van der Waals surface area contributed by atoms with E-state index in [9.17, 15) is 0 Å². The van der Waals surface area contributed by atoms with E-state index in [-0.39, 0.29) is 0 Å². The Hall–Kier alpha value is -1.59. The molecule has 1 aliphatic rings. The van der Waals surface area contributed by atoms with E-state index in [1.165, 1.54) is 12.8 Å². The minimum atomic E-state index is 0.303. The number of hydrogen-bond acceptors (Lipinski definition) is 6. The molecule has 0 aliphatic carbocycles. The van der Waals surface area contributed by atoms with Crippen molar-refractivity contribution in [2.45, 2.75) is 39.2 Å². The van der Waals surface area contributed by atoms with E-state index in [4.69, 9.17) is 5.73 Å². The fraction of sp³-hybridized carbons (Fsp3) is 0.750. The molecule has 0 spiro atoms. The van der Waals surface area contributed by atoms with E-state index in [1.807, 2.05) is 7.05 Å². The highest BCUT2D eigenvalue weighted by molar-refractivity contribution is 5.44. The van der Waals surface area contributed by atoms with Gasteiger partial charge in [-0.1, -0.05) is 6.92 Å². The van der Waals surface area contributed by atoms with Crippen LogP contribution in [0.5, 0.6) is 0 Å². The van der Waals surface area contributed by atoms with Crippen molar-refractivity contribution in [3.05, 3.63) is 0 Å². The molecule has 2 N–H and O–H groups in total. The van der Waals surface area contributed by atoms with E-state index in [1.54, 1.807) is 0 Å². The van der Waals surface area contributed by atoms with Crippen LogP contribution in [0.2, 0.25) is 0 Å². The third-order valence-corrected chi connectivity index (χ3v) is 3.59. The van der Waals surface area contributed by atoms with Crippen molar-refractivity contribution in [3.8, 4) is 0 Å². The number of rotatable bonds is 4. The highest BCUT2D eigenvalue weighted by Crippen LogP contribution is 2.20. The topological polar surface area (TPSA) is 71.2 Å². The van der Waals surface area contributed by atoms with E-state index in [0.29, 0.717) is 23.9 Å². The molecule has 2 heterocycles. The second kappa shape index (κ2) is 5.37. The third-order valence-electron chi connectivity index (χ3n) is 3.59. The lowest BCUT2D eigenvalue weighted by Crippen LogP contribution is -2.31. The van der Waals surface area contributed by atoms with Gasteiger partial charge < -0.3 is 15.5 Å². The second-order valence-corrected chi connectivity index (χ2v) is 4.86. The molecule has 0 bridgehead atoms. The summed E-state index contributed by atoms with van der Waals surface area (Å²) >= 11 is 0. The molecule has 0 saturated carbocycles. The summed E-state index contributed by atoms with van der Waals surface area (Å²) in [5, 5.41) is 0. The predicted octanol–water partition coefficient (Wildman–Crippen LogP) is 1.29. The minimum absolute atomic E-state index is 0.303. The van der Waals surface area contributed by atoms with Crippen LogP contribution in [0.3, 0.4) is 0 Å². The molecule has 1 aromatic rings. The molecule has 100 valence electrons. The van der Waals surface area contributed by atoms with Crippen molar-refractivity contribution in [1.82, 2.24) is 15.0 Å². The van der Waals surface area contributed by atoms with Gasteiger partial charge in [0.1, 0.15) is 0 Å². The first-order valence-corrected chi connectivity index (χ1v) is 6.61. The summed E-state index contributed by atoms with van der Waals surface area (Å²) in [5.74, 6) is 1.68. The maximum absolute atomic E-state index is 5.79. The lowest BCUT2D eigenvalue weighted by molar-refractivity contribution is 0.646. The maximum Gasteiger partial charge on any atom is 0.231 e. The summed E-state index contributed by atoms with van der Waals surface area (Å²) in [4.78, 5) is 17.2. The standard InChI is InChI=1S/C12H22N6/c1-4-9(2)17(3)11-14-10(13)15-12(16-11)18-7-5-6-8-18/h9H,4-8H2,1-3H3,(H2,13,14,15,16). The van der Waals surface area contributed by atoms with Crippen molar-refractivity contribution >= 4 is 17.8 Å². The van der Waals surface area contributed by atoms with Gasteiger partial charge in [-0.05, 0) is 26.2 Å². The Morgan fingerprint density at radius 1 is 1.28 bits per heavy atom. The Balaban J connectivity index is 2.25. The summed E-state index contributed by atoms with van der Waals surface area (Å²) in [6, 6.07) is 0.387. The van der Waals surface area contributed by atoms with Crippen LogP contribution in [0.4, 0.5) is 17.8 Å². The number of nitrogens with zero attached hydrogens (tertiary/aromatic N) is 5. The zero-order valence-electron chi connectivity index (χ0n) is 11.4. The van der Waals surface area contributed by atoms with Gasteiger partial charge in [0.15, 0.2) is 0 Å². The van der Waals surface area contributed by atoms with Crippen molar-refractivity contribution < 1.29 is 0 Å². The SMILES string of the molecule is CCC(C)N(C)c1nc(N)nc(N2CCCC2)n1. The van der Waals surface area contributed by atoms with Gasteiger partial charge in [-0.3, -0.25) is 0 Å². The maximum atomic E-state index is 5.79. The quantitative estimate of drug-likeness (QED) is 0.868. The van der Waals surface area contributed by atoms with Crippen LogP contribution in [0.25, 0.3) is 0 Å². The normalized spacial score (nSPS) is 16.9. The molecule has 2 rings (SSSR count). The van der Waals surface area contributed by atoms with Gasteiger partial charge in [0, 0.05) is 26.2 Å². The van der Waals surface area contributed by atoms with Crippen LogP contribution in [-0.4, -0.2) is 41.1 Å². The monoisotopic (exact) mass is 250 g/mol. The first-order chi connectivity index (χ1) is 8.61. The highest BCUT2D eigenvalue weighted by Gasteiger charge is 2.19. The summed E-state index contributed by atoms with van der Waals surface area (Å²) in [5.41, 5.74) is 5.79. The Morgan fingerprint density at radius 3 is 2.56 bits per heavy atom. The van der Waals surface area contributed by atoms with E-state index in [2.05, 4.69) is 38.6 Å². The zero-order chi connectivity index (χ0) is 13.1. The van der Waals surface area contributed by atoms with Gasteiger partial charge in [-0.15, -0.1) is 0 Å². The molecule has 0 aromatic carbocycles. The van der Waals surface area contributed by atoms with Crippen molar-refractivity contribution in [3.63, 3.8) is 0 Å². The van der Waals surface area contributed by atoms with Gasteiger partial charge in [0.2, 0.25) is 17.8 Å². The van der Waals surface area contributed by atoms with Gasteiger partial charge in [-0.2, -0.15) is 15.0 Å². The Morgan fingerprint density at radius 2 is 1.94 bits per heavy atom. The molecule has 1 aromatic heterocycles. The molecule has 1 saturated heterocycles. The summed E-state index contributed by atoms with van der Waals surface area (Å²) in [6.45, 7) is 6.31. The first-order valence-electron chi connectivity index (χ1n) is 6.61. The smallest absolute Gasteiger partial charge is 0.231 e. The largest absolute Gasteiger partial charge is 0.368 e. The molecule has 6 heteroatoms. The average Bonchev–Trinajstić information content (AvgIpc) is 2.90. The Labute approximate surface area is 108 Å². The molecule has 1 unspecified atom stereocenters. The van der Waals surface area contributed by atoms with Gasteiger partial charge in [0.05, 0.1) is 0 Å². The molecule has 18 heavy (non-hydrogen) atoms. The van der Waals surface area contributed by atoms with Crippen LogP contribution < -0.4 is 15.5 Å². The molecule has 0 radical (unpaired) electrons. The van der Waals surface area contributed by atoms with E-state index < -0.39 is 0 Å². The minimum Gasteiger partial charge on any atom is -0.368 e. The number of anilines is 3. The van der Waals surface area contributed by atoms with Crippen LogP contribution in [0.15, 0.2) is 0 Å². The first kappa shape index (κ1) is 12.9. The molecule has 1 fully saturated rings. The lowest BCUT2D eigenvalue weighted by atomic mass is 10.2. The molecule has 6 nitrogen and oxygen atoms in total. The molecule has 0 amide bonds. The van der Waals surface area contributed by atoms with Crippen LogP contribution in [0, 0.1) is 0 Å². The number of hydrogen-bond donors (Lipinski definition) is 1. The second-order valence-electron chi connectivity index (χ2n) is 4.86. The van der Waals surface area contributed by atoms with Crippen LogP contribution >= 0.6 is 0 Å². The molecular weight excluding hydrogens is 228 g/mol. The highest BCUT2D eigenvalue weighted by atomic mass is 15.4. The van der Waals surface area contributed by atoms with Crippen molar-refractivity contribution in [1.29, 1.82) is 0 Å². The van der Waals surface area contributed by atoms with Gasteiger partial charge in [-0.25, -0.2) is 0 Å². The Bertz CT molecular complexity index is 402. The van der Waals surface area contributed by atoms with E-state index in [0.717, 1.165) is 19.5 Å². The van der Waals surface area contributed by atoms with Crippen molar-refractivity contribution in [2.24, 2.45) is 0 Å². The number of nitrogen functional groups attached to an aromatic ring is 1. The molecule has 1 aliphatic heterocycles. The van der Waals surface area contributed by atoms with Crippen molar-refractivity contribution in [2.75, 3.05) is 35.7 Å². The summed E-state index contributed by atoms with van der Waals surface area (Å²) in [6.07, 6.45) is 3.44. The van der Waals surface area contributed by atoms with Gasteiger partial charge >= 0.3 is 0 Å². The molecule has 1 atom stereocenters. The average molecular weight is 250 g/mol. The van der Waals surface area contributed by atoms with E-state index >= 15 is 0 Å². The molecular formula is C12H22N6. The van der Waals surface area contributed by atoms with Crippen LogP contribution in [-0.2, 0) is 0 Å². The lowest BCUT2D eigenvalue weighted by Gasteiger charge is -2.25. The zero-order valence-corrected chi connectivity index (χ0v) is 11.4. The van der Waals surface area contributed by atoms with Crippen LogP contribution in [0.1, 0.15) is 33.1 Å². The number of nitrogens with two attached hydrogens (primary N) is 1. The predicted molar refractivity (Wildman–Crippen MR) is 73.8 cm³/mol. The van der Waals surface area contributed by atoms with Gasteiger partial charge in [0.25, 0.3) is 0 Å². The fourth-order valence-corrected chi connectivity index (χ4v) is 2.06. The Kier molecular flexibility index (Phi) is 3.84.